The van der Waals surface area contributed by atoms with E-state index < -0.39 is 30.0 Å². The molecule has 0 radical (unpaired) electrons. The van der Waals surface area contributed by atoms with Gasteiger partial charge in [-0.2, -0.15) is 0 Å². The van der Waals surface area contributed by atoms with E-state index in [0.717, 1.165) is 0 Å². The third kappa shape index (κ3) is 2.38. The molecule has 1 N–H and O–H groups in total. The molecule has 2 aromatic carbocycles. The Kier molecular flexibility index (Phi) is 3.65. The molecule has 1 unspecified atom stereocenters. The van der Waals surface area contributed by atoms with Crippen molar-refractivity contribution in [3.05, 3.63) is 71.3 Å². The fourth-order valence-electron chi connectivity index (χ4n) is 2.65. The highest BCUT2D eigenvalue weighted by Gasteiger charge is 2.46. The summed E-state index contributed by atoms with van der Waals surface area (Å²) in [4.78, 5) is 36.8. The average Bonchev–Trinajstić information content (AvgIpc) is 2.81. The van der Waals surface area contributed by atoms with Crippen LogP contribution in [-0.4, -0.2) is 33.8 Å². The number of hydrogen-bond acceptors (Lipinski definition) is 3. The van der Waals surface area contributed by atoms with Crippen molar-refractivity contribution >= 4 is 17.8 Å². The van der Waals surface area contributed by atoms with Gasteiger partial charge in [-0.3, -0.25) is 14.5 Å². The summed E-state index contributed by atoms with van der Waals surface area (Å²) in [6.07, 6.45) is -2.02. The van der Waals surface area contributed by atoms with Crippen LogP contribution in [0.2, 0.25) is 0 Å². The van der Waals surface area contributed by atoms with Gasteiger partial charge in [0.15, 0.2) is 12.2 Å². The van der Waals surface area contributed by atoms with E-state index >= 15 is 0 Å². The van der Waals surface area contributed by atoms with Crippen LogP contribution in [0.1, 0.15) is 32.5 Å². The molecular weight excluding hydrogens is 301 g/mol. The third-order valence-electron chi connectivity index (χ3n) is 3.75. The van der Waals surface area contributed by atoms with Crippen molar-refractivity contribution in [2.45, 2.75) is 12.2 Å². The van der Waals surface area contributed by atoms with E-state index in [1.807, 2.05) is 0 Å². The van der Waals surface area contributed by atoms with E-state index in [1.54, 1.807) is 30.3 Å². The molecule has 2 amide bonds. The Labute approximate surface area is 131 Å². The number of imide groups is 1. The number of carboxylic acid groups (broad SMARTS) is 1. The monoisotopic (exact) mass is 313 g/mol. The quantitative estimate of drug-likeness (QED) is 0.880. The number of aliphatic carboxylic acids is 1. The Morgan fingerprint density at radius 1 is 0.913 bits per heavy atom. The lowest BCUT2D eigenvalue weighted by molar-refractivity contribution is -0.144. The Balaban J connectivity index is 2.02. The molecule has 0 aliphatic carbocycles. The summed E-state index contributed by atoms with van der Waals surface area (Å²) in [7, 11) is 0. The lowest BCUT2D eigenvalue weighted by Crippen LogP contribution is -2.47. The zero-order valence-electron chi connectivity index (χ0n) is 11.8. The molecule has 1 aliphatic rings. The maximum Gasteiger partial charge on any atom is 0.330 e. The Bertz CT molecular complexity index is 755. The maximum absolute atomic E-state index is 14.7. The fraction of sp³-hybridized carbons (Fsp3) is 0.118. The van der Waals surface area contributed by atoms with Crippen molar-refractivity contribution < 1.29 is 23.9 Å². The minimum absolute atomic E-state index is 0.0870. The molecule has 0 fully saturated rings. The highest BCUT2D eigenvalue weighted by molar-refractivity contribution is 6.22. The Morgan fingerprint density at radius 3 is 1.87 bits per heavy atom. The first-order valence-electron chi connectivity index (χ1n) is 6.91. The van der Waals surface area contributed by atoms with Gasteiger partial charge in [0.25, 0.3) is 11.8 Å². The van der Waals surface area contributed by atoms with Gasteiger partial charge in [-0.1, -0.05) is 42.5 Å². The molecule has 0 saturated carbocycles. The molecule has 6 heteroatoms. The number of alkyl halides is 1. The minimum atomic E-state index is -2.02. The van der Waals surface area contributed by atoms with Gasteiger partial charge in [0.2, 0.25) is 0 Å². The molecular formula is C17H12FNO4. The summed E-state index contributed by atoms with van der Waals surface area (Å²) in [5.74, 6) is -3.16. The zero-order chi connectivity index (χ0) is 16.6. The van der Waals surface area contributed by atoms with Crippen LogP contribution < -0.4 is 0 Å². The van der Waals surface area contributed by atoms with Gasteiger partial charge in [-0.25, -0.2) is 9.18 Å². The second kappa shape index (κ2) is 5.64. The number of carboxylic acids is 1. The van der Waals surface area contributed by atoms with Gasteiger partial charge >= 0.3 is 5.97 Å². The lowest BCUT2D eigenvalue weighted by atomic mass is 10.0. The summed E-state index contributed by atoms with van der Waals surface area (Å²) >= 11 is 0. The maximum atomic E-state index is 14.7. The van der Waals surface area contributed by atoms with Crippen LogP contribution in [0.4, 0.5) is 4.39 Å². The van der Waals surface area contributed by atoms with Crippen molar-refractivity contribution in [2.75, 3.05) is 0 Å². The van der Waals surface area contributed by atoms with Crippen molar-refractivity contribution in [1.29, 1.82) is 0 Å². The van der Waals surface area contributed by atoms with Crippen LogP contribution in [0.3, 0.4) is 0 Å². The number of nitrogens with zero attached hydrogens (tertiary/aromatic N) is 1. The summed E-state index contributed by atoms with van der Waals surface area (Å²) in [6.45, 7) is 0. The van der Waals surface area contributed by atoms with Crippen LogP contribution in [0.15, 0.2) is 54.6 Å². The summed E-state index contributed by atoms with van der Waals surface area (Å²) in [5, 5.41) is 9.39. The average molecular weight is 313 g/mol. The highest BCUT2D eigenvalue weighted by atomic mass is 19.1. The zero-order valence-corrected chi connectivity index (χ0v) is 11.8. The van der Waals surface area contributed by atoms with Crippen LogP contribution in [0, 0.1) is 0 Å². The summed E-state index contributed by atoms with van der Waals surface area (Å²) < 4.78 is 14.7. The van der Waals surface area contributed by atoms with E-state index in [1.165, 1.54) is 24.3 Å². The van der Waals surface area contributed by atoms with Crippen LogP contribution >= 0.6 is 0 Å². The fourth-order valence-corrected chi connectivity index (χ4v) is 2.65. The molecule has 3 rings (SSSR count). The standard InChI is InChI=1S/C17H12FNO4/c18-13(10-6-2-1-3-7-10)14(17(22)23)19-15(20)11-8-4-5-9-12(11)16(19)21/h1-9,13-14H,(H,22,23)/t13?,14-/m0/s1. The van der Waals surface area contributed by atoms with Gasteiger partial charge in [0.1, 0.15) is 0 Å². The first-order valence-corrected chi connectivity index (χ1v) is 6.91. The van der Waals surface area contributed by atoms with E-state index in [4.69, 9.17) is 0 Å². The molecule has 2 aromatic rings. The van der Waals surface area contributed by atoms with E-state index in [0.29, 0.717) is 4.90 Å². The van der Waals surface area contributed by atoms with E-state index in [9.17, 15) is 23.9 Å². The number of fused-ring (bicyclic) bond motifs is 1. The van der Waals surface area contributed by atoms with Crippen molar-refractivity contribution in [3.63, 3.8) is 0 Å². The molecule has 5 nitrogen and oxygen atoms in total. The molecule has 116 valence electrons. The van der Waals surface area contributed by atoms with Gasteiger partial charge < -0.3 is 5.11 Å². The molecule has 1 aliphatic heterocycles. The van der Waals surface area contributed by atoms with Crippen LogP contribution in [0.25, 0.3) is 0 Å². The molecule has 0 aromatic heterocycles. The topological polar surface area (TPSA) is 74.7 Å². The number of carbonyl (C=O) groups excluding carboxylic acids is 2. The molecule has 23 heavy (non-hydrogen) atoms. The van der Waals surface area contributed by atoms with Gasteiger partial charge in [-0.05, 0) is 17.7 Å². The molecule has 0 bridgehead atoms. The predicted octanol–water partition coefficient (Wildman–Crippen LogP) is 2.45. The first-order chi connectivity index (χ1) is 11.0. The van der Waals surface area contributed by atoms with Crippen molar-refractivity contribution in [1.82, 2.24) is 4.90 Å². The number of halogens is 1. The first kappa shape index (κ1) is 14.9. The van der Waals surface area contributed by atoms with Crippen LogP contribution in [-0.2, 0) is 4.79 Å². The predicted molar refractivity (Wildman–Crippen MR) is 78.7 cm³/mol. The number of rotatable bonds is 4. The van der Waals surface area contributed by atoms with Gasteiger partial charge in [0, 0.05) is 0 Å². The summed E-state index contributed by atoms with van der Waals surface area (Å²) in [6, 6.07) is 11.7. The molecule has 0 spiro atoms. The second-order valence-corrected chi connectivity index (χ2v) is 5.12. The normalized spacial score (nSPS) is 16.1. The van der Waals surface area contributed by atoms with Crippen molar-refractivity contribution in [2.24, 2.45) is 0 Å². The molecule has 1 heterocycles. The number of benzene rings is 2. The number of hydrogen-bond donors (Lipinski definition) is 1. The Morgan fingerprint density at radius 2 is 1.39 bits per heavy atom. The molecule has 0 saturated heterocycles. The number of carbonyl (C=O) groups is 3. The second-order valence-electron chi connectivity index (χ2n) is 5.12. The highest BCUT2D eigenvalue weighted by Crippen LogP contribution is 2.32. The largest absolute Gasteiger partial charge is 0.480 e. The number of amides is 2. The Hall–Kier alpha value is -3.02. The van der Waals surface area contributed by atoms with Crippen LogP contribution in [0.5, 0.6) is 0 Å². The SMILES string of the molecule is O=C(O)[C@H](C(F)c1ccccc1)N1C(=O)c2ccccc2C1=O. The van der Waals surface area contributed by atoms with E-state index in [2.05, 4.69) is 0 Å². The van der Waals surface area contributed by atoms with Crippen molar-refractivity contribution in [3.8, 4) is 0 Å². The third-order valence-corrected chi connectivity index (χ3v) is 3.75. The van der Waals surface area contributed by atoms with Gasteiger partial charge in [-0.15, -0.1) is 0 Å². The van der Waals surface area contributed by atoms with E-state index in [-0.39, 0.29) is 16.7 Å². The molecule has 2 atom stereocenters. The van der Waals surface area contributed by atoms with Gasteiger partial charge in [0.05, 0.1) is 11.1 Å². The summed E-state index contributed by atoms with van der Waals surface area (Å²) in [5.41, 5.74) is 0.268. The smallest absolute Gasteiger partial charge is 0.330 e. The minimum Gasteiger partial charge on any atom is -0.480 e. The lowest BCUT2D eigenvalue weighted by Gasteiger charge is -2.25.